The van der Waals surface area contributed by atoms with Crippen LogP contribution in [-0.2, 0) is 0 Å². The Morgan fingerprint density at radius 3 is 2.32 bits per heavy atom. The predicted molar refractivity (Wildman–Crippen MR) is 89.4 cm³/mol. The lowest BCUT2D eigenvalue weighted by molar-refractivity contribution is -0.527. The molecule has 0 bridgehead atoms. The fourth-order valence-corrected chi connectivity index (χ4v) is 7.20. The largest absolute Gasteiger partial charge is 0.289 e. The van der Waals surface area contributed by atoms with Gasteiger partial charge in [-0.2, -0.15) is 0 Å². The van der Waals surface area contributed by atoms with E-state index in [1.807, 2.05) is 0 Å². The summed E-state index contributed by atoms with van der Waals surface area (Å²) in [6, 6.07) is -0.394. The third-order valence-electron chi connectivity index (χ3n) is 3.55. The molecule has 11 heteroatoms. The van der Waals surface area contributed by atoms with E-state index in [1.54, 1.807) is 0 Å². The maximum Gasteiger partial charge on any atom is 0.289 e. The molecule has 0 atom stereocenters. The van der Waals surface area contributed by atoms with Gasteiger partial charge in [-0.05, 0) is 30.9 Å². The second-order valence-electron chi connectivity index (χ2n) is 4.94. The molecule has 1 aliphatic rings. The molecule has 0 spiro atoms. The summed E-state index contributed by atoms with van der Waals surface area (Å²) < 4.78 is 0.553. The summed E-state index contributed by atoms with van der Waals surface area (Å²) >= 11 is 3.95. The zero-order chi connectivity index (χ0) is 16.1. The van der Waals surface area contributed by atoms with E-state index in [-0.39, 0.29) is 8.98 Å². The first kappa shape index (κ1) is 17.7. The average molecular weight is 383 g/mol. The summed E-state index contributed by atoms with van der Waals surface area (Å²) in [5.41, 5.74) is 0. The zero-order valence-electron chi connectivity index (χ0n) is 11.5. The molecule has 1 fully saturated rings. The second-order valence-corrected chi connectivity index (χ2v) is 9.68. The van der Waals surface area contributed by atoms with E-state index in [2.05, 4.69) is 0 Å². The van der Waals surface area contributed by atoms with Gasteiger partial charge in [-0.15, -0.1) is 11.8 Å². The molecule has 0 aliphatic heterocycles. The molecule has 22 heavy (non-hydrogen) atoms. The van der Waals surface area contributed by atoms with E-state index in [0.717, 1.165) is 51.9 Å². The Morgan fingerprint density at radius 2 is 1.73 bits per heavy atom. The number of nitrogens with zero attached hydrogens (tertiary/aromatic N) is 2. The highest BCUT2D eigenvalue weighted by Crippen LogP contribution is 2.38. The van der Waals surface area contributed by atoms with Gasteiger partial charge in [0.25, 0.3) is 16.0 Å². The minimum atomic E-state index is -0.499. The van der Waals surface area contributed by atoms with Gasteiger partial charge < -0.3 is 0 Å². The van der Waals surface area contributed by atoms with Crippen LogP contribution in [0.15, 0.2) is 13.2 Å². The first-order chi connectivity index (χ1) is 10.5. The van der Waals surface area contributed by atoms with E-state index in [0.29, 0.717) is 34.9 Å². The average Bonchev–Trinajstić information content (AvgIpc) is 2.78. The topological polar surface area (TPSA) is 103 Å². The summed E-state index contributed by atoms with van der Waals surface area (Å²) in [7, 11) is 0. The van der Waals surface area contributed by atoms with Crippen LogP contribution in [0.4, 0.5) is 0 Å². The van der Waals surface area contributed by atoms with E-state index < -0.39 is 10.4 Å². The fraction of sp³-hybridized carbons (Fsp3) is 0.727. The highest BCUT2D eigenvalue weighted by Gasteiger charge is 2.28. The van der Waals surface area contributed by atoms with Crippen LogP contribution in [0.25, 0.3) is 0 Å². The molecule has 1 aliphatic carbocycles. The van der Waals surface area contributed by atoms with Crippen LogP contribution in [0.3, 0.4) is 0 Å². The van der Waals surface area contributed by atoms with Crippen LogP contribution < -0.4 is 4.06 Å². The molecule has 1 saturated carbocycles. The molecule has 0 N–H and O–H groups in total. The van der Waals surface area contributed by atoms with Crippen molar-refractivity contribution >= 4 is 46.4 Å². The molecular formula is C11H14N2O5S4. The first-order valence-corrected chi connectivity index (χ1v) is 10.1. The second kappa shape index (κ2) is 8.27. The maximum absolute atomic E-state index is 11.4. The van der Waals surface area contributed by atoms with Gasteiger partial charge in [-0.3, -0.25) is 25.0 Å². The van der Waals surface area contributed by atoms with Crippen molar-refractivity contribution in [1.29, 1.82) is 0 Å². The van der Waals surface area contributed by atoms with E-state index in [1.165, 1.54) is 11.8 Å². The molecule has 0 radical (unpaired) electrons. The van der Waals surface area contributed by atoms with Crippen molar-refractivity contribution in [2.75, 3.05) is 5.75 Å². The number of hydrogen-bond donors (Lipinski definition) is 0. The summed E-state index contributed by atoms with van der Waals surface area (Å²) in [6.45, 7) is 0. The third-order valence-corrected chi connectivity index (χ3v) is 8.18. The van der Waals surface area contributed by atoms with Crippen molar-refractivity contribution in [3.05, 3.63) is 29.1 Å². The number of rotatable bonds is 7. The summed E-state index contributed by atoms with van der Waals surface area (Å²) in [5.74, 6) is 1.26. The van der Waals surface area contributed by atoms with Gasteiger partial charge in [0.1, 0.15) is 4.33 Å². The van der Waals surface area contributed by atoms with Gasteiger partial charge in [-0.1, -0.05) is 22.7 Å². The minimum absolute atomic E-state index is 0.127. The molecule has 0 aromatic carbocycles. The Morgan fingerprint density at radius 1 is 1.09 bits per heavy atom. The Labute approximate surface area is 142 Å². The van der Waals surface area contributed by atoms with Gasteiger partial charge >= 0.3 is 0 Å². The van der Waals surface area contributed by atoms with Crippen LogP contribution >= 0.6 is 46.4 Å². The Kier molecular flexibility index (Phi) is 6.66. The molecule has 7 nitrogen and oxygen atoms in total. The fourth-order valence-electron chi connectivity index (χ4n) is 2.43. The molecule has 0 saturated heterocycles. The van der Waals surface area contributed by atoms with Gasteiger partial charge in [0.2, 0.25) is 6.04 Å². The van der Waals surface area contributed by atoms with Crippen molar-refractivity contribution in [1.82, 2.24) is 0 Å². The van der Waals surface area contributed by atoms with Crippen LogP contribution in [-0.4, -0.2) is 21.0 Å². The lowest BCUT2D eigenvalue weighted by Gasteiger charge is -2.23. The number of hydrogen-bond acceptors (Lipinski definition) is 9. The van der Waals surface area contributed by atoms with Gasteiger partial charge in [0, 0.05) is 17.8 Å². The standard InChI is InChI=1S/C11H14N2O5S4/c14-11-20-9(10(21-11)22-13(17)18)19-6-5-7-1-3-8(4-2-7)12(15)16/h7-8H,1-6H2. The normalized spacial score (nSPS) is 21.6. The smallest absolute Gasteiger partial charge is 0.265 e. The SMILES string of the molecule is O=c1sc(SCCC2CCC([N+](=O)[O-])CC2)c(S[N+](=O)[O-])s1. The van der Waals surface area contributed by atoms with Crippen LogP contribution in [0, 0.1) is 26.1 Å². The summed E-state index contributed by atoms with van der Waals surface area (Å²) in [4.78, 5) is 32.5. The van der Waals surface area contributed by atoms with E-state index >= 15 is 0 Å². The zero-order valence-corrected chi connectivity index (χ0v) is 14.7. The summed E-state index contributed by atoms with van der Waals surface area (Å²) in [6.07, 6.45) is 3.92. The van der Waals surface area contributed by atoms with Crippen LogP contribution in [0.2, 0.25) is 0 Å². The first-order valence-electron chi connectivity index (χ1n) is 6.68. The molecule has 2 rings (SSSR count). The lowest BCUT2D eigenvalue weighted by Crippen LogP contribution is -2.26. The predicted octanol–water partition coefficient (Wildman–Crippen LogP) is 3.77. The number of nitro groups is 2. The van der Waals surface area contributed by atoms with Crippen molar-refractivity contribution in [2.45, 2.75) is 46.6 Å². The molecule has 1 aromatic rings. The van der Waals surface area contributed by atoms with Crippen molar-refractivity contribution in [3.8, 4) is 0 Å². The van der Waals surface area contributed by atoms with Crippen molar-refractivity contribution in [3.63, 3.8) is 0 Å². The molecule has 0 amide bonds. The van der Waals surface area contributed by atoms with Crippen molar-refractivity contribution < 1.29 is 9.25 Å². The quantitative estimate of drug-likeness (QED) is 0.306. The van der Waals surface area contributed by atoms with E-state index in [4.69, 9.17) is 0 Å². The highest BCUT2D eigenvalue weighted by atomic mass is 32.2. The molecule has 1 aromatic heterocycles. The molecule has 0 unspecified atom stereocenters. The van der Waals surface area contributed by atoms with Gasteiger partial charge in [-0.25, -0.2) is 0 Å². The Balaban J connectivity index is 1.79. The maximum atomic E-state index is 11.4. The monoisotopic (exact) mass is 382 g/mol. The third kappa shape index (κ3) is 5.21. The Bertz CT molecular complexity index is 594. The Hall–Kier alpha value is -0.650. The van der Waals surface area contributed by atoms with Crippen molar-refractivity contribution in [2.24, 2.45) is 5.92 Å². The minimum Gasteiger partial charge on any atom is -0.265 e. The highest BCUT2D eigenvalue weighted by molar-refractivity contribution is 8.03. The molecular weight excluding hydrogens is 368 g/mol. The number of thioether (sulfide) groups is 1. The van der Waals surface area contributed by atoms with Gasteiger partial charge in [0.05, 0.1) is 4.21 Å². The summed E-state index contributed by atoms with van der Waals surface area (Å²) in [5, 5.41) is 21.3. The lowest BCUT2D eigenvalue weighted by atomic mass is 9.85. The molecule has 1 heterocycles. The molecule has 122 valence electrons. The van der Waals surface area contributed by atoms with E-state index in [9.17, 15) is 25.0 Å². The van der Waals surface area contributed by atoms with Gasteiger partial charge in [0.15, 0.2) is 4.21 Å². The van der Waals surface area contributed by atoms with Crippen LogP contribution in [0.5, 0.6) is 0 Å². The van der Waals surface area contributed by atoms with Crippen LogP contribution in [0.1, 0.15) is 32.1 Å².